The Morgan fingerprint density at radius 3 is 3.05 bits per heavy atom. The second-order valence-electron chi connectivity index (χ2n) is 5.59. The first-order valence-corrected chi connectivity index (χ1v) is 8.84. The summed E-state index contributed by atoms with van der Waals surface area (Å²) >= 11 is 6.82. The SMILES string of the molecule is CCCCNC(=S)NNC(=O)c1csc2c1CC[C@H](C)C2. The molecule has 0 radical (unpaired) electrons. The van der Waals surface area contributed by atoms with Crippen molar-refractivity contribution < 1.29 is 4.79 Å². The van der Waals surface area contributed by atoms with E-state index in [1.807, 2.05) is 5.38 Å². The predicted molar refractivity (Wildman–Crippen MR) is 91.6 cm³/mol. The van der Waals surface area contributed by atoms with Crippen LogP contribution in [0.5, 0.6) is 0 Å². The number of carbonyl (C=O) groups excluding carboxylic acids is 1. The molecule has 0 spiro atoms. The normalized spacial score (nSPS) is 17.0. The number of unbranched alkanes of at least 4 members (excludes halogenated alkanes) is 1. The number of rotatable bonds is 4. The third kappa shape index (κ3) is 4.41. The fraction of sp³-hybridized carbons (Fsp3) is 0.600. The van der Waals surface area contributed by atoms with Gasteiger partial charge in [-0.05, 0) is 49.4 Å². The van der Waals surface area contributed by atoms with Crippen LogP contribution in [0.15, 0.2) is 5.38 Å². The van der Waals surface area contributed by atoms with E-state index in [4.69, 9.17) is 12.2 Å². The molecule has 0 bridgehead atoms. The summed E-state index contributed by atoms with van der Waals surface area (Å²) < 4.78 is 0. The van der Waals surface area contributed by atoms with Gasteiger partial charge in [-0.2, -0.15) is 0 Å². The molecule has 1 aromatic rings. The molecule has 1 aliphatic carbocycles. The highest BCUT2D eigenvalue weighted by atomic mass is 32.1. The number of amides is 1. The minimum atomic E-state index is -0.0957. The van der Waals surface area contributed by atoms with Crippen molar-refractivity contribution in [2.75, 3.05) is 6.54 Å². The van der Waals surface area contributed by atoms with Gasteiger partial charge >= 0.3 is 0 Å². The van der Waals surface area contributed by atoms with Gasteiger partial charge < -0.3 is 5.32 Å². The Labute approximate surface area is 135 Å². The number of hydrogen-bond donors (Lipinski definition) is 3. The van der Waals surface area contributed by atoms with E-state index in [0.29, 0.717) is 5.11 Å². The molecule has 1 heterocycles. The van der Waals surface area contributed by atoms with Gasteiger partial charge in [0.2, 0.25) is 0 Å². The molecule has 2 rings (SSSR count). The lowest BCUT2D eigenvalue weighted by Gasteiger charge is -2.19. The van der Waals surface area contributed by atoms with Crippen LogP contribution in [0.2, 0.25) is 0 Å². The number of carbonyl (C=O) groups is 1. The highest BCUT2D eigenvalue weighted by molar-refractivity contribution is 7.80. The van der Waals surface area contributed by atoms with E-state index >= 15 is 0 Å². The maximum absolute atomic E-state index is 12.2. The second-order valence-corrected chi connectivity index (χ2v) is 6.96. The average molecular weight is 326 g/mol. The molecule has 4 nitrogen and oxygen atoms in total. The van der Waals surface area contributed by atoms with Gasteiger partial charge in [-0.25, -0.2) is 0 Å². The lowest BCUT2D eigenvalue weighted by Crippen LogP contribution is -2.47. The molecule has 0 saturated carbocycles. The monoisotopic (exact) mass is 325 g/mol. The summed E-state index contributed by atoms with van der Waals surface area (Å²) in [5.74, 6) is 0.627. The Morgan fingerprint density at radius 2 is 2.29 bits per heavy atom. The fourth-order valence-corrected chi connectivity index (χ4v) is 3.87. The van der Waals surface area contributed by atoms with Crippen LogP contribution in [0.4, 0.5) is 0 Å². The summed E-state index contributed by atoms with van der Waals surface area (Å²) in [6.45, 7) is 5.22. The lowest BCUT2D eigenvalue weighted by molar-refractivity contribution is 0.0943. The van der Waals surface area contributed by atoms with Crippen molar-refractivity contribution in [2.24, 2.45) is 5.92 Å². The van der Waals surface area contributed by atoms with Gasteiger partial charge in [-0.15, -0.1) is 11.3 Å². The first-order valence-electron chi connectivity index (χ1n) is 7.55. The Bertz CT molecular complexity index is 513. The molecule has 1 amide bonds. The zero-order valence-corrected chi connectivity index (χ0v) is 14.3. The standard InChI is InChI=1S/C15H23N3OS2/c1-3-4-7-16-15(20)18-17-14(19)12-9-21-13-8-10(2)5-6-11(12)13/h9-10H,3-8H2,1-2H3,(H,17,19)(H2,16,18,20)/t10-/m0/s1. The molecule has 116 valence electrons. The highest BCUT2D eigenvalue weighted by Gasteiger charge is 2.23. The van der Waals surface area contributed by atoms with Gasteiger partial charge in [0.25, 0.3) is 5.91 Å². The van der Waals surface area contributed by atoms with Crippen LogP contribution < -0.4 is 16.2 Å². The van der Waals surface area contributed by atoms with Crippen LogP contribution in [0, 0.1) is 5.92 Å². The van der Waals surface area contributed by atoms with Gasteiger partial charge in [0.1, 0.15) is 0 Å². The number of hydrogen-bond acceptors (Lipinski definition) is 3. The molecule has 0 aromatic carbocycles. The van der Waals surface area contributed by atoms with E-state index in [0.717, 1.165) is 50.1 Å². The molecular weight excluding hydrogens is 302 g/mol. The minimum absolute atomic E-state index is 0.0957. The van der Waals surface area contributed by atoms with Gasteiger partial charge in [-0.1, -0.05) is 20.3 Å². The Morgan fingerprint density at radius 1 is 1.48 bits per heavy atom. The first-order chi connectivity index (χ1) is 10.1. The van der Waals surface area contributed by atoms with Crippen molar-refractivity contribution in [3.05, 3.63) is 21.4 Å². The second kappa shape index (κ2) is 7.75. The van der Waals surface area contributed by atoms with Crippen molar-refractivity contribution in [2.45, 2.75) is 46.0 Å². The van der Waals surface area contributed by atoms with Crippen LogP contribution in [0.25, 0.3) is 0 Å². The summed E-state index contributed by atoms with van der Waals surface area (Å²) in [6.07, 6.45) is 5.43. The number of hydrazine groups is 1. The number of fused-ring (bicyclic) bond motifs is 1. The minimum Gasteiger partial charge on any atom is -0.361 e. The summed E-state index contributed by atoms with van der Waals surface area (Å²) in [6, 6.07) is 0. The summed E-state index contributed by atoms with van der Waals surface area (Å²) in [5.41, 5.74) is 7.48. The fourth-order valence-electron chi connectivity index (χ4n) is 2.47. The predicted octanol–water partition coefficient (Wildman–Crippen LogP) is 2.78. The van der Waals surface area contributed by atoms with E-state index in [1.165, 1.54) is 10.4 Å². The molecule has 6 heteroatoms. The van der Waals surface area contributed by atoms with Gasteiger partial charge in [0.15, 0.2) is 5.11 Å². The smallest absolute Gasteiger partial charge is 0.270 e. The summed E-state index contributed by atoms with van der Waals surface area (Å²) in [7, 11) is 0. The van der Waals surface area contributed by atoms with Gasteiger partial charge in [0, 0.05) is 16.8 Å². The molecule has 3 N–H and O–H groups in total. The Balaban J connectivity index is 1.85. The van der Waals surface area contributed by atoms with Crippen molar-refractivity contribution in [1.29, 1.82) is 0 Å². The highest BCUT2D eigenvalue weighted by Crippen LogP contribution is 2.32. The van der Waals surface area contributed by atoms with Gasteiger partial charge in [-0.3, -0.25) is 15.6 Å². The van der Waals surface area contributed by atoms with E-state index in [9.17, 15) is 4.79 Å². The van der Waals surface area contributed by atoms with Crippen molar-refractivity contribution in [3.63, 3.8) is 0 Å². The molecule has 1 aromatic heterocycles. The largest absolute Gasteiger partial charge is 0.361 e. The van der Waals surface area contributed by atoms with Crippen LogP contribution in [0.3, 0.4) is 0 Å². The molecule has 0 unspecified atom stereocenters. The maximum Gasteiger partial charge on any atom is 0.270 e. The van der Waals surface area contributed by atoms with Crippen molar-refractivity contribution in [3.8, 4) is 0 Å². The topological polar surface area (TPSA) is 53.2 Å². The van der Waals surface area contributed by atoms with Crippen molar-refractivity contribution in [1.82, 2.24) is 16.2 Å². The third-order valence-electron chi connectivity index (χ3n) is 3.75. The van der Waals surface area contributed by atoms with E-state index < -0.39 is 0 Å². The van der Waals surface area contributed by atoms with Crippen LogP contribution in [0.1, 0.15) is 53.9 Å². The molecule has 0 aliphatic heterocycles. The van der Waals surface area contributed by atoms with Gasteiger partial charge in [0.05, 0.1) is 5.56 Å². The van der Waals surface area contributed by atoms with E-state index in [2.05, 4.69) is 30.0 Å². The van der Waals surface area contributed by atoms with Crippen molar-refractivity contribution >= 4 is 34.6 Å². The number of thiocarbonyl (C=S) groups is 1. The first kappa shape index (κ1) is 16.2. The molecule has 0 saturated heterocycles. The third-order valence-corrected chi connectivity index (χ3v) is 5.05. The van der Waals surface area contributed by atoms with E-state index in [1.54, 1.807) is 11.3 Å². The van der Waals surface area contributed by atoms with Crippen LogP contribution in [-0.4, -0.2) is 17.6 Å². The Hall–Kier alpha value is -1.14. The summed E-state index contributed by atoms with van der Waals surface area (Å²) in [5, 5.41) is 5.49. The Kier molecular flexibility index (Phi) is 5.99. The van der Waals surface area contributed by atoms with Crippen LogP contribution >= 0.6 is 23.6 Å². The quantitative estimate of drug-likeness (QED) is 0.453. The molecule has 21 heavy (non-hydrogen) atoms. The number of nitrogens with one attached hydrogen (secondary N) is 3. The average Bonchev–Trinajstić information content (AvgIpc) is 2.88. The molecule has 1 atom stereocenters. The maximum atomic E-state index is 12.2. The molecular formula is C15H23N3OS2. The molecule has 1 aliphatic rings. The van der Waals surface area contributed by atoms with E-state index in [-0.39, 0.29) is 5.91 Å². The van der Waals surface area contributed by atoms with Crippen LogP contribution in [-0.2, 0) is 12.8 Å². The number of thiophene rings is 1. The lowest BCUT2D eigenvalue weighted by atomic mass is 9.88. The summed E-state index contributed by atoms with van der Waals surface area (Å²) in [4.78, 5) is 13.6. The zero-order valence-electron chi connectivity index (χ0n) is 12.6. The zero-order chi connectivity index (χ0) is 15.2. The molecule has 0 fully saturated rings.